The van der Waals surface area contributed by atoms with Crippen LogP contribution in [0.15, 0.2) is 0 Å². The van der Waals surface area contributed by atoms with Crippen molar-refractivity contribution in [3.63, 3.8) is 0 Å². The topological polar surface area (TPSA) is 169 Å². The minimum atomic E-state index is -4.74. The Kier molecular flexibility index (Phi) is 30.7. The van der Waals surface area contributed by atoms with Crippen LogP contribution in [0, 0.1) is 0 Å². The second-order valence-corrected chi connectivity index (χ2v) is 14.2. The number of ether oxygens (including phenoxy) is 1. The third-order valence-electron chi connectivity index (χ3n) is 8.15. The maximum atomic E-state index is 12.2. The molecule has 0 saturated heterocycles. The predicted octanol–water partition coefficient (Wildman–Crippen LogP) is 8.39. The number of aliphatic hydroxyl groups excluding tert-OH is 1. The van der Waals surface area contributed by atoms with Crippen molar-refractivity contribution < 1.29 is 47.8 Å². The Hall–Kier alpha value is -1.52. The second kappa shape index (κ2) is 31.7. The third kappa shape index (κ3) is 31.5. The number of amides is 1. The molecule has 0 bridgehead atoms. The molecular weight excluding hydrogens is 625 g/mol. The van der Waals surface area contributed by atoms with Gasteiger partial charge in [0, 0.05) is 12.8 Å². The molecular formula is C35H68NO10P. The molecule has 1 amide bonds. The lowest BCUT2D eigenvalue weighted by Gasteiger charge is -2.18. The van der Waals surface area contributed by atoms with Gasteiger partial charge in [0.2, 0.25) is 5.91 Å². The molecule has 0 fully saturated rings. The number of esters is 1. The van der Waals surface area contributed by atoms with Crippen molar-refractivity contribution in [2.75, 3.05) is 19.8 Å². The van der Waals surface area contributed by atoms with Crippen molar-refractivity contribution in [2.45, 2.75) is 187 Å². The first-order valence-corrected chi connectivity index (χ1v) is 20.1. The molecule has 0 aliphatic rings. The molecule has 0 aromatic heterocycles. The fourth-order valence-electron chi connectivity index (χ4n) is 5.20. The van der Waals surface area contributed by atoms with Crippen LogP contribution in [0.5, 0.6) is 0 Å². The number of nitrogens with one attached hydrogen (secondary N) is 1. The molecule has 4 N–H and O–H groups in total. The fraction of sp³-hybridized carbons (Fsp3) is 0.914. The first-order valence-electron chi connectivity index (χ1n) is 18.6. The molecule has 278 valence electrons. The average molecular weight is 694 g/mol. The van der Waals surface area contributed by atoms with Gasteiger partial charge >= 0.3 is 19.8 Å². The van der Waals surface area contributed by atoms with Crippen LogP contribution in [0.3, 0.4) is 0 Å². The van der Waals surface area contributed by atoms with Crippen molar-refractivity contribution in [2.24, 2.45) is 0 Å². The van der Waals surface area contributed by atoms with E-state index in [0.717, 1.165) is 38.5 Å². The van der Waals surface area contributed by atoms with E-state index in [2.05, 4.69) is 19.2 Å². The smallest absolute Gasteiger partial charge is 0.472 e. The van der Waals surface area contributed by atoms with Crippen molar-refractivity contribution in [1.29, 1.82) is 0 Å². The Morgan fingerprint density at radius 2 is 0.979 bits per heavy atom. The van der Waals surface area contributed by atoms with Gasteiger partial charge in [-0.25, -0.2) is 9.36 Å². The summed E-state index contributed by atoms with van der Waals surface area (Å²) < 4.78 is 26.7. The number of carboxylic acids is 1. The number of aliphatic carboxylic acids is 1. The monoisotopic (exact) mass is 693 g/mol. The van der Waals surface area contributed by atoms with E-state index >= 15 is 0 Å². The summed E-state index contributed by atoms with van der Waals surface area (Å²) in [4.78, 5) is 45.5. The highest BCUT2D eigenvalue weighted by Gasteiger charge is 2.28. The Labute approximate surface area is 284 Å². The van der Waals surface area contributed by atoms with Gasteiger partial charge in [-0.3, -0.25) is 18.6 Å². The summed E-state index contributed by atoms with van der Waals surface area (Å²) in [5, 5.41) is 21.7. The molecule has 0 aromatic rings. The predicted molar refractivity (Wildman–Crippen MR) is 185 cm³/mol. The number of carboxylic acid groups (broad SMARTS) is 1. The number of phosphoric acid groups is 1. The highest BCUT2D eigenvalue weighted by Crippen LogP contribution is 2.43. The van der Waals surface area contributed by atoms with Crippen LogP contribution < -0.4 is 5.32 Å². The largest absolute Gasteiger partial charge is 0.480 e. The van der Waals surface area contributed by atoms with Crippen LogP contribution in [-0.2, 0) is 32.7 Å². The molecule has 11 nitrogen and oxygen atoms in total. The summed E-state index contributed by atoms with van der Waals surface area (Å²) in [6, 6.07) is -1.54. The molecule has 3 atom stereocenters. The van der Waals surface area contributed by atoms with Crippen molar-refractivity contribution in [3.05, 3.63) is 0 Å². The van der Waals surface area contributed by atoms with E-state index in [1.807, 2.05) is 0 Å². The van der Waals surface area contributed by atoms with Gasteiger partial charge in [0.05, 0.1) is 13.2 Å². The third-order valence-corrected chi connectivity index (χ3v) is 9.10. The number of carbonyl (C=O) groups excluding carboxylic acids is 2. The molecule has 3 unspecified atom stereocenters. The number of hydrogen-bond acceptors (Lipinski definition) is 8. The first-order chi connectivity index (χ1) is 22.6. The molecule has 0 rings (SSSR count). The van der Waals surface area contributed by atoms with E-state index in [9.17, 15) is 34.1 Å². The summed E-state index contributed by atoms with van der Waals surface area (Å²) in [5.41, 5.74) is 0. The maximum Gasteiger partial charge on any atom is 0.472 e. The number of carbonyl (C=O) groups is 3. The highest BCUT2D eigenvalue weighted by atomic mass is 31.2. The van der Waals surface area contributed by atoms with Crippen LogP contribution in [-0.4, -0.2) is 64.9 Å². The summed E-state index contributed by atoms with van der Waals surface area (Å²) in [6.07, 6.45) is 25.7. The second-order valence-electron chi connectivity index (χ2n) is 12.8. The zero-order chi connectivity index (χ0) is 35.0. The van der Waals surface area contributed by atoms with Gasteiger partial charge < -0.3 is 25.2 Å². The van der Waals surface area contributed by atoms with E-state index in [4.69, 9.17) is 13.8 Å². The number of aliphatic hydroxyl groups is 1. The number of phosphoric ester groups is 1. The summed E-state index contributed by atoms with van der Waals surface area (Å²) in [5.74, 6) is -2.37. The standard InChI is InChI=1S/C35H68NO10P/c1-3-5-7-9-11-13-14-15-16-17-19-21-23-25-27-34(39)44-28-31(37)29-45-47(42,43)46-30-32(35(40)41)36-33(38)26-24-22-20-18-12-10-8-6-4-2/h31-32,37H,3-30H2,1-2H3,(H,36,38)(H,40,41)(H,42,43). The average Bonchev–Trinajstić information content (AvgIpc) is 3.04. The lowest BCUT2D eigenvalue weighted by molar-refractivity contribution is -0.147. The van der Waals surface area contributed by atoms with Gasteiger partial charge in [0.1, 0.15) is 12.7 Å². The fourth-order valence-corrected chi connectivity index (χ4v) is 5.97. The van der Waals surface area contributed by atoms with Crippen molar-refractivity contribution in [1.82, 2.24) is 5.32 Å². The van der Waals surface area contributed by atoms with Gasteiger partial charge in [-0.2, -0.15) is 0 Å². The Balaban J connectivity index is 3.93. The lowest BCUT2D eigenvalue weighted by atomic mass is 10.0. The number of rotatable bonds is 35. The molecule has 0 aromatic carbocycles. The van der Waals surface area contributed by atoms with Gasteiger partial charge in [-0.15, -0.1) is 0 Å². The van der Waals surface area contributed by atoms with Crippen LogP contribution in [0.25, 0.3) is 0 Å². The molecule has 0 aliphatic heterocycles. The maximum absolute atomic E-state index is 12.2. The van der Waals surface area contributed by atoms with Gasteiger partial charge in [0.15, 0.2) is 6.04 Å². The van der Waals surface area contributed by atoms with Crippen LogP contribution >= 0.6 is 7.82 Å². The van der Waals surface area contributed by atoms with Crippen LogP contribution in [0.4, 0.5) is 0 Å². The van der Waals surface area contributed by atoms with Crippen molar-refractivity contribution >= 4 is 25.7 Å². The van der Waals surface area contributed by atoms with Crippen molar-refractivity contribution in [3.8, 4) is 0 Å². The van der Waals surface area contributed by atoms with E-state index in [-0.39, 0.29) is 12.8 Å². The lowest BCUT2D eigenvalue weighted by Crippen LogP contribution is -2.43. The molecule has 0 spiro atoms. The van der Waals surface area contributed by atoms with E-state index in [0.29, 0.717) is 12.8 Å². The number of hydrogen-bond donors (Lipinski definition) is 4. The van der Waals surface area contributed by atoms with E-state index in [1.165, 1.54) is 96.3 Å². The van der Waals surface area contributed by atoms with E-state index in [1.54, 1.807) is 0 Å². The normalized spacial score (nSPS) is 14.0. The highest BCUT2D eigenvalue weighted by molar-refractivity contribution is 7.47. The molecule has 0 heterocycles. The molecule has 12 heteroatoms. The van der Waals surface area contributed by atoms with Gasteiger partial charge in [-0.05, 0) is 12.8 Å². The van der Waals surface area contributed by atoms with Crippen LogP contribution in [0.1, 0.15) is 174 Å². The molecule has 0 aliphatic carbocycles. The van der Waals surface area contributed by atoms with E-state index < -0.39 is 57.6 Å². The zero-order valence-electron chi connectivity index (χ0n) is 29.6. The quantitative estimate of drug-likeness (QED) is 0.0287. The summed E-state index contributed by atoms with van der Waals surface area (Å²) >= 11 is 0. The molecule has 0 saturated carbocycles. The minimum Gasteiger partial charge on any atom is -0.480 e. The van der Waals surface area contributed by atoms with Gasteiger partial charge in [0.25, 0.3) is 0 Å². The zero-order valence-corrected chi connectivity index (χ0v) is 30.5. The number of unbranched alkanes of at least 4 members (excludes halogenated alkanes) is 21. The SMILES string of the molecule is CCCCCCCCCCCCCCCCC(=O)OCC(O)COP(=O)(O)OCC(NC(=O)CCCCCCCCCCC)C(=O)O. The Morgan fingerprint density at radius 3 is 1.40 bits per heavy atom. The summed E-state index contributed by atoms with van der Waals surface area (Å²) in [6.45, 7) is 2.55. The van der Waals surface area contributed by atoms with Crippen LogP contribution in [0.2, 0.25) is 0 Å². The minimum absolute atomic E-state index is 0.150. The van der Waals surface area contributed by atoms with Gasteiger partial charge in [-0.1, -0.05) is 149 Å². The molecule has 47 heavy (non-hydrogen) atoms. The Bertz CT molecular complexity index is 828. The first kappa shape index (κ1) is 45.5. The Morgan fingerprint density at radius 1 is 0.596 bits per heavy atom. The summed E-state index contributed by atoms with van der Waals surface area (Å²) in [7, 11) is -4.74. The molecule has 0 radical (unpaired) electrons.